The molecule has 1 aromatic rings. The van der Waals surface area contributed by atoms with Gasteiger partial charge in [-0.1, -0.05) is 64.7 Å². The van der Waals surface area contributed by atoms with Crippen LogP contribution in [0.3, 0.4) is 0 Å². The molecule has 1 rings (SSSR count). The topological polar surface area (TPSA) is 0 Å². The zero-order chi connectivity index (χ0) is 14.8. The molecule has 0 aliphatic rings. The molecular formula is C16H25Br3S. The third-order valence-electron chi connectivity index (χ3n) is 3.63. The Morgan fingerprint density at radius 2 is 1.20 bits per heavy atom. The van der Waals surface area contributed by atoms with Crippen LogP contribution in [0.15, 0.2) is 12.0 Å². The van der Waals surface area contributed by atoms with Crippen LogP contribution in [-0.2, 0) is 6.42 Å². The molecule has 1 heterocycles. The summed E-state index contributed by atoms with van der Waals surface area (Å²) in [6.45, 7) is 2.28. The molecule has 1 aromatic heterocycles. The van der Waals surface area contributed by atoms with Crippen molar-refractivity contribution in [3.63, 3.8) is 0 Å². The Bertz CT molecular complexity index is 374. The van der Waals surface area contributed by atoms with Crippen LogP contribution in [0.25, 0.3) is 0 Å². The van der Waals surface area contributed by atoms with Crippen molar-refractivity contribution in [1.29, 1.82) is 0 Å². The summed E-state index contributed by atoms with van der Waals surface area (Å²) in [6, 6.07) is 0. The Morgan fingerprint density at radius 1 is 0.700 bits per heavy atom. The highest BCUT2D eigenvalue weighted by molar-refractivity contribution is 9.14. The Hall–Kier alpha value is 1.14. The lowest BCUT2D eigenvalue weighted by Crippen LogP contribution is -1.86. The van der Waals surface area contributed by atoms with Crippen LogP contribution in [-0.4, -0.2) is 0 Å². The Morgan fingerprint density at radius 3 is 1.65 bits per heavy atom. The van der Waals surface area contributed by atoms with Gasteiger partial charge in [0.1, 0.15) is 0 Å². The van der Waals surface area contributed by atoms with Gasteiger partial charge < -0.3 is 0 Å². The van der Waals surface area contributed by atoms with Crippen LogP contribution in [0.1, 0.15) is 76.7 Å². The summed E-state index contributed by atoms with van der Waals surface area (Å²) < 4.78 is 3.71. The largest absolute Gasteiger partial charge is 0.120 e. The van der Waals surface area contributed by atoms with Crippen LogP contribution >= 0.6 is 59.1 Å². The lowest BCUT2D eigenvalue weighted by molar-refractivity contribution is 0.556. The fourth-order valence-corrected chi connectivity index (χ4v) is 6.38. The molecule has 0 radical (unpaired) electrons. The van der Waals surface area contributed by atoms with Gasteiger partial charge in [-0.25, -0.2) is 0 Å². The van der Waals surface area contributed by atoms with Crippen LogP contribution in [0.5, 0.6) is 0 Å². The normalized spacial score (nSPS) is 11.2. The number of hydrogen-bond donors (Lipinski definition) is 0. The summed E-state index contributed by atoms with van der Waals surface area (Å²) >= 11 is 12.6. The van der Waals surface area contributed by atoms with Gasteiger partial charge in [-0.3, -0.25) is 0 Å². The molecule has 0 spiro atoms. The van der Waals surface area contributed by atoms with E-state index in [9.17, 15) is 0 Å². The molecule has 0 saturated carbocycles. The SMILES string of the molecule is CCCCCCCCCCCCc1c(Br)sc(Br)c1Br. The zero-order valence-corrected chi connectivity index (χ0v) is 17.9. The van der Waals surface area contributed by atoms with Gasteiger partial charge in [0.2, 0.25) is 0 Å². The predicted molar refractivity (Wildman–Crippen MR) is 103 cm³/mol. The number of thiophene rings is 1. The smallest absolute Gasteiger partial charge is 0.0855 e. The molecule has 0 bridgehead atoms. The van der Waals surface area contributed by atoms with Crippen LogP contribution in [0.2, 0.25) is 0 Å². The molecule has 0 aromatic carbocycles. The minimum Gasteiger partial charge on any atom is -0.120 e. The molecule has 4 heteroatoms. The van der Waals surface area contributed by atoms with Crippen molar-refractivity contribution in [2.45, 2.75) is 77.6 Å². The van der Waals surface area contributed by atoms with Crippen molar-refractivity contribution in [3.8, 4) is 0 Å². The molecule has 0 aliphatic heterocycles. The van der Waals surface area contributed by atoms with Gasteiger partial charge in [-0.05, 0) is 66.2 Å². The van der Waals surface area contributed by atoms with E-state index >= 15 is 0 Å². The van der Waals surface area contributed by atoms with Gasteiger partial charge in [0.05, 0.1) is 7.57 Å². The van der Waals surface area contributed by atoms with Crippen molar-refractivity contribution in [3.05, 3.63) is 17.6 Å². The minimum absolute atomic E-state index is 1.18. The summed E-state index contributed by atoms with van der Waals surface area (Å²) in [7, 11) is 0. The zero-order valence-electron chi connectivity index (χ0n) is 12.3. The average Bonchev–Trinajstić information content (AvgIpc) is 2.67. The first-order chi connectivity index (χ1) is 9.66. The molecule has 116 valence electrons. The summed E-state index contributed by atoms with van der Waals surface area (Å²) in [6.07, 6.45) is 15.2. The lowest BCUT2D eigenvalue weighted by atomic mass is 10.0. The Labute approximate surface area is 153 Å². The molecule has 0 nitrogen and oxygen atoms in total. The molecule has 0 saturated heterocycles. The van der Waals surface area contributed by atoms with Crippen molar-refractivity contribution in [2.75, 3.05) is 0 Å². The van der Waals surface area contributed by atoms with Crippen LogP contribution in [0, 0.1) is 0 Å². The van der Waals surface area contributed by atoms with E-state index in [0.717, 1.165) is 0 Å². The lowest BCUT2D eigenvalue weighted by Gasteiger charge is -2.03. The second-order valence-corrected chi connectivity index (χ2v) is 9.82. The number of unbranched alkanes of at least 4 members (excludes halogenated alkanes) is 9. The molecule has 0 unspecified atom stereocenters. The molecule has 0 amide bonds. The molecular weight excluding hydrogens is 464 g/mol. The van der Waals surface area contributed by atoms with Crippen molar-refractivity contribution in [1.82, 2.24) is 0 Å². The molecule has 0 aliphatic carbocycles. The predicted octanol–water partition coefficient (Wildman–Crippen LogP) is 8.50. The van der Waals surface area contributed by atoms with E-state index in [1.165, 1.54) is 88.2 Å². The van der Waals surface area contributed by atoms with Gasteiger partial charge >= 0.3 is 0 Å². The highest BCUT2D eigenvalue weighted by atomic mass is 79.9. The molecule has 0 fully saturated rings. The van der Waals surface area contributed by atoms with E-state index in [2.05, 4.69) is 54.7 Å². The van der Waals surface area contributed by atoms with Gasteiger partial charge in [0.15, 0.2) is 0 Å². The van der Waals surface area contributed by atoms with Gasteiger partial charge in [0.25, 0.3) is 0 Å². The van der Waals surface area contributed by atoms with Gasteiger partial charge in [-0.2, -0.15) is 0 Å². The van der Waals surface area contributed by atoms with Crippen LogP contribution < -0.4 is 0 Å². The summed E-state index contributed by atoms with van der Waals surface area (Å²) in [5, 5.41) is 0. The first kappa shape index (κ1) is 19.2. The standard InChI is InChI=1S/C16H25Br3S/c1-2-3-4-5-6-7-8-9-10-11-12-13-14(17)16(19)20-15(13)18/h2-12H2,1H3. The van der Waals surface area contributed by atoms with Crippen molar-refractivity contribution >= 4 is 59.1 Å². The maximum atomic E-state index is 3.66. The van der Waals surface area contributed by atoms with Gasteiger partial charge in [-0.15, -0.1) is 11.3 Å². The van der Waals surface area contributed by atoms with E-state index in [4.69, 9.17) is 0 Å². The first-order valence-corrected chi connectivity index (χ1v) is 11.0. The number of rotatable bonds is 11. The second kappa shape index (κ2) is 11.7. The highest BCUT2D eigenvalue weighted by Gasteiger charge is 2.12. The summed E-state index contributed by atoms with van der Waals surface area (Å²) in [5.74, 6) is 0. The maximum absolute atomic E-state index is 3.66. The van der Waals surface area contributed by atoms with E-state index in [0.29, 0.717) is 0 Å². The van der Waals surface area contributed by atoms with E-state index < -0.39 is 0 Å². The van der Waals surface area contributed by atoms with Crippen molar-refractivity contribution < 1.29 is 0 Å². The second-order valence-electron chi connectivity index (χ2n) is 5.37. The van der Waals surface area contributed by atoms with E-state index in [1.54, 1.807) is 11.3 Å². The Balaban J connectivity index is 2.00. The van der Waals surface area contributed by atoms with E-state index in [-0.39, 0.29) is 0 Å². The van der Waals surface area contributed by atoms with E-state index in [1.807, 2.05) is 0 Å². The molecule has 0 N–H and O–H groups in total. The number of hydrogen-bond acceptors (Lipinski definition) is 1. The molecule has 20 heavy (non-hydrogen) atoms. The monoisotopic (exact) mass is 486 g/mol. The fraction of sp³-hybridized carbons (Fsp3) is 0.750. The quantitative estimate of drug-likeness (QED) is 0.274. The Kier molecular flexibility index (Phi) is 11.2. The average molecular weight is 489 g/mol. The first-order valence-electron chi connectivity index (χ1n) is 7.79. The van der Waals surface area contributed by atoms with Crippen molar-refractivity contribution in [2.24, 2.45) is 0 Å². The fourth-order valence-electron chi connectivity index (χ4n) is 2.39. The maximum Gasteiger partial charge on any atom is 0.0855 e. The summed E-state index contributed by atoms with van der Waals surface area (Å²) in [5.41, 5.74) is 1.43. The minimum atomic E-state index is 1.18. The third kappa shape index (κ3) is 7.42. The number of halogens is 3. The molecule has 0 atom stereocenters. The van der Waals surface area contributed by atoms with Gasteiger partial charge in [0, 0.05) is 4.47 Å². The highest BCUT2D eigenvalue weighted by Crippen LogP contribution is 2.41. The van der Waals surface area contributed by atoms with Crippen LogP contribution in [0.4, 0.5) is 0 Å². The summed E-state index contributed by atoms with van der Waals surface area (Å²) in [4.78, 5) is 0. The third-order valence-corrected chi connectivity index (χ3v) is 7.96.